The van der Waals surface area contributed by atoms with Crippen molar-refractivity contribution < 1.29 is 4.74 Å². The highest BCUT2D eigenvalue weighted by Gasteiger charge is 2.30. The zero-order chi connectivity index (χ0) is 20.8. The van der Waals surface area contributed by atoms with E-state index in [9.17, 15) is 4.79 Å². The fourth-order valence-electron chi connectivity index (χ4n) is 4.84. The van der Waals surface area contributed by atoms with Crippen molar-refractivity contribution in [3.05, 3.63) is 53.2 Å². The molecule has 1 fully saturated rings. The minimum Gasteiger partial charge on any atom is -0.496 e. The van der Waals surface area contributed by atoms with E-state index in [2.05, 4.69) is 28.9 Å². The summed E-state index contributed by atoms with van der Waals surface area (Å²) < 4.78 is 9.15. The molecular formula is C23H25N5O2. The number of para-hydroxylation sites is 1. The molecule has 154 valence electrons. The molecule has 0 unspecified atom stereocenters. The van der Waals surface area contributed by atoms with Crippen LogP contribution in [0.2, 0.25) is 0 Å². The normalized spacial score (nSPS) is 21.9. The Balaban J connectivity index is 1.85. The molecule has 1 aliphatic carbocycles. The second-order valence-corrected chi connectivity index (χ2v) is 8.26. The third-order valence-electron chi connectivity index (χ3n) is 6.68. The first-order valence-electron chi connectivity index (χ1n) is 10.5. The molecule has 4 aromatic rings. The van der Waals surface area contributed by atoms with Gasteiger partial charge in [0.1, 0.15) is 12.1 Å². The molecule has 0 amide bonds. The summed E-state index contributed by atoms with van der Waals surface area (Å²) in [6.07, 6.45) is 6.73. The van der Waals surface area contributed by atoms with Gasteiger partial charge in [0.25, 0.3) is 11.3 Å². The maximum absolute atomic E-state index is 13.9. The summed E-state index contributed by atoms with van der Waals surface area (Å²) in [5.74, 6) is 2.17. The Morgan fingerprint density at radius 1 is 1.13 bits per heavy atom. The van der Waals surface area contributed by atoms with Crippen molar-refractivity contribution in [2.75, 3.05) is 7.11 Å². The Bertz CT molecular complexity index is 1290. The van der Waals surface area contributed by atoms with Crippen LogP contribution in [0.1, 0.15) is 39.2 Å². The van der Waals surface area contributed by atoms with Gasteiger partial charge >= 0.3 is 0 Å². The molecule has 30 heavy (non-hydrogen) atoms. The van der Waals surface area contributed by atoms with Crippen LogP contribution in [-0.2, 0) is 0 Å². The summed E-state index contributed by atoms with van der Waals surface area (Å²) in [6.45, 7) is 4.54. The number of hydrogen-bond acceptors (Lipinski definition) is 5. The molecule has 7 nitrogen and oxygen atoms in total. The predicted octanol–water partition coefficient (Wildman–Crippen LogP) is 4.11. The molecule has 0 radical (unpaired) electrons. The number of methoxy groups -OCH3 is 1. The lowest BCUT2D eigenvalue weighted by Gasteiger charge is -2.35. The number of ether oxygens (including phenoxy) is 1. The number of rotatable bonds is 3. The Kier molecular flexibility index (Phi) is 4.53. The van der Waals surface area contributed by atoms with E-state index in [0.29, 0.717) is 40.0 Å². The van der Waals surface area contributed by atoms with E-state index in [-0.39, 0.29) is 11.6 Å². The van der Waals surface area contributed by atoms with Gasteiger partial charge in [0.2, 0.25) is 0 Å². The molecule has 3 aromatic heterocycles. The highest BCUT2D eigenvalue weighted by atomic mass is 16.5. The van der Waals surface area contributed by atoms with Gasteiger partial charge in [-0.3, -0.25) is 4.79 Å². The number of aromatic nitrogens is 5. The minimum absolute atomic E-state index is 0.0377. The Labute approximate surface area is 174 Å². The predicted molar refractivity (Wildman–Crippen MR) is 116 cm³/mol. The Morgan fingerprint density at radius 3 is 2.80 bits per heavy atom. The van der Waals surface area contributed by atoms with E-state index in [0.717, 1.165) is 18.4 Å². The van der Waals surface area contributed by atoms with Crippen molar-refractivity contribution in [3.63, 3.8) is 0 Å². The van der Waals surface area contributed by atoms with Crippen LogP contribution >= 0.6 is 0 Å². The third kappa shape index (κ3) is 2.80. The fourth-order valence-corrected chi connectivity index (χ4v) is 4.84. The van der Waals surface area contributed by atoms with Crippen LogP contribution in [0.4, 0.5) is 0 Å². The number of pyridine rings is 1. The number of hydrogen-bond donors (Lipinski definition) is 0. The van der Waals surface area contributed by atoms with Crippen LogP contribution in [0, 0.1) is 11.8 Å². The third-order valence-corrected chi connectivity index (χ3v) is 6.68. The summed E-state index contributed by atoms with van der Waals surface area (Å²) >= 11 is 0. The summed E-state index contributed by atoms with van der Waals surface area (Å²) in [7, 11) is 1.63. The summed E-state index contributed by atoms with van der Waals surface area (Å²) in [5, 5.41) is 4.92. The minimum atomic E-state index is -0.0377. The van der Waals surface area contributed by atoms with Crippen LogP contribution in [-0.4, -0.2) is 31.3 Å². The molecule has 1 aliphatic rings. The summed E-state index contributed by atoms with van der Waals surface area (Å²) in [6, 6.07) is 9.78. The molecule has 3 atom stereocenters. The average molecular weight is 403 g/mol. The van der Waals surface area contributed by atoms with Crippen molar-refractivity contribution in [3.8, 4) is 17.0 Å². The average Bonchev–Trinajstić information content (AvgIpc) is 3.23. The molecular weight excluding hydrogens is 378 g/mol. The molecule has 0 saturated heterocycles. The smallest absolute Gasteiger partial charge is 0.262 e. The van der Waals surface area contributed by atoms with Crippen LogP contribution in [0.3, 0.4) is 0 Å². The summed E-state index contributed by atoms with van der Waals surface area (Å²) in [4.78, 5) is 22.7. The molecule has 0 aliphatic heterocycles. The number of fused-ring (bicyclic) bond motifs is 2. The summed E-state index contributed by atoms with van der Waals surface area (Å²) in [5.41, 5.74) is 2.04. The van der Waals surface area contributed by atoms with E-state index in [4.69, 9.17) is 4.74 Å². The molecule has 0 N–H and O–H groups in total. The van der Waals surface area contributed by atoms with Crippen LogP contribution in [0.15, 0.2) is 47.7 Å². The zero-order valence-electron chi connectivity index (χ0n) is 17.4. The van der Waals surface area contributed by atoms with Crippen LogP contribution < -0.4 is 10.3 Å². The topological polar surface area (TPSA) is 74.3 Å². The van der Waals surface area contributed by atoms with Crippen molar-refractivity contribution in [2.45, 2.75) is 39.2 Å². The SMILES string of the molecule is COc1ccccc1-c1c2c(=O)n([C@@H]3CCC[C@@H](C)[C@H]3C)ccc2nc2ncnn12. The highest BCUT2D eigenvalue weighted by molar-refractivity contribution is 5.94. The molecule has 1 saturated carbocycles. The number of nitrogens with zero attached hydrogens (tertiary/aromatic N) is 5. The van der Waals surface area contributed by atoms with Gasteiger partial charge in [0.05, 0.1) is 23.7 Å². The van der Waals surface area contributed by atoms with Gasteiger partial charge in [0.15, 0.2) is 0 Å². The van der Waals surface area contributed by atoms with Gasteiger partial charge < -0.3 is 9.30 Å². The standard InChI is InChI=1S/C23H25N5O2/c1-14-7-6-9-18(15(14)2)27-12-11-17-20(22(27)29)21(28-23(26-17)24-13-25-28)16-8-4-5-10-19(16)30-3/h4-5,8,10-15,18H,6-7,9H2,1-3H3/t14-,15-,18-/m1/s1. The van der Waals surface area contributed by atoms with Crippen LogP contribution in [0.25, 0.3) is 27.9 Å². The monoisotopic (exact) mass is 403 g/mol. The Hall–Kier alpha value is -3.22. The first kappa shape index (κ1) is 18.8. The maximum atomic E-state index is 13.9. The van der Waals surface area contributed by atoms with Gasteiger partial charge in [-0.2, -0.15) is 14.6 Å². The molecule has 3 heterocycles. The van der Waals surface area contributed by atoms with E-state index in [1.54, 1.807) is 11.6 Å². The zero-order valence-corrected chi connectivity index (χ0v) is 17.4. The fraction of sp³-hybridized carbons (Fsp3) is 0.391. The van der Waals surface area contributed by atoms with Crippen molar-refractivity contribution >= 4 is 16.7 Å². The molecule has 1 aromatic carbocycles. The van der Waals surface area contributed by atoms with Crippen molar-refractivity contribution in [2.24, 2.45) is 11.8 Å². The van der Waals surface area contributed by atoms with Gasteiger partial charge in [-0.1, -0.05) is 38.8 Å². The van der Waals surface area contributed by atoms with E-state index in [1.165, 1.54) is 12.7 Å². The van der Waals surface area contributed by atoms with E-state index < -0.39 is 0 Å². The quantitative estimate of drug-likeness (QED) is 0.515. The molecule has 7 heteroatoms. The van der Waals surface area contributed by atoms with Crippen LogP contribution in [0.5, 0.6) is 5.75 Å². The highest BCUT2D eigenvalue weighted by Crippen LogP contribution is 2.38. The first-order chi connectivity index (χ1) is 14.6. The lowest BCUT2D eigenvalue weighted by molar-refractivity contribution is 0.183. The second kappa shape index (κ2) is 7.23. The van der Waals surface area contributed by atoms with E-state index in [1.807, 2.05) is 41.1 Å². The first-order valence-corrected chi connectivity index (χ1v) is 10.5. The van der Waals surface area contributed by atoms with Gasteiger partial charge in [-0.15, -0.1) is 0 Å². The van der Waals surface area contributed by atoms with Gasteiger partial charge in [-0.25, -0.2) is 4.98 Å². The number of benzene rings is 1. The van der Waals surface area contributed by atoms with E-state index >= 15 is 0 Å². The second-order valence-electron chi connectivity index (χ2n) is 8.26. The van der Waals surface area contributed by atoms with Crippen molar-refractivity contribution in [1.29, 1.82) is 0 Å². The largest absolute Gasteiger partial charge is 0.496 e. The molecule has 0 spiro atoms. The Morgan fingerprint density at radius 2 is 1.97 bits per heavy atom. The van der Waals surface area contributed by atoms with Gasteiger partial charge in [0, 0.05) is 17.8 Å². The van der Waals surface area contributed by atoms with Crippen molar-refractivity contribution in [1.82, 2.24) is 24.1 Å². The lowest BCUT2D eigenvalue weighted by atomic mass is 9.78. The molecule has 5 rings (SSSR count). The maximum Gasteiger partial charge on any atom is 0.262 e. The lowest BCUT2D eigenvalue weighted by Crippen LogP contribution is -2.33. The molecule has 0 bridgehead atoms. The van der Waals surface area contributed by atoms with Gasteiger partial charge in [-0.05, 0) is 36.5 Å².